The standard InChI is InChI=1S/C22H20N4O6.C2H6/c1-31-10-2-3-16-11(4-10)13(7-24-18(27)6-23)14-8-26-17(19(14)25-16)5-12-15(21(26)29)9-32-22(30)20(12)28;1-2/h2-5,20,28H,6-9,23H2,1H3,(H,24,27);1-2H3. The molecule has 0 radical (unpaired) electrons. The molecule has 2 aromatic heterocycles. The number of pyridine rings is 2. The summed E-state index contributed by atoms with van der Waals surface area (Å²) in [4.78, 5) is 41.6. The van der Waals surface area contributed by atoms with E-state index in [2.05, 4.69) is 5.32 Å². The van der Waals surface area contributed by atoms with E-state index in [1.165, 1.54) is 0 Å². The van der Waals surface area contributed by atoms with Gasteiger partial charge in [0.2, 0.25) is 5.91 Å². The number of nitrogens with one attached hydrogen (secondary N) is 1. The van der Waals surface area contributed by atoms with Crippen LogP contribution in [0.3, 0.4) is 0 Å². The van der Waals surface area contributed by atoms with Crippen LogP contribution in [0.2, 0.25) is 0 Å². The van der Waals surface area contributed by atoms with Gasteiger partial charge in [0.05, 0.1) is 42.7 Å². The van der Waals surface area contributed by atoms with E-state index < -0.39 is 12.1 Å². The molecule has 1 amide bonds. The molecule has 10 heteroatoms. The van der Waals surface area contributed by atoms with Gasteiger partial charge < -0.3 is 30.2 Å². The van der Waals surface area contributed by atoms with Gasteiger partial charge in [-0.05, 0) is 29.8 Å². The van der Waals surface area contributed by atoms with Crippen LogP contribution in [0.15, 0.2) is 29.1 Å². The molecule has 4 heterocycles. The molecule has 10 nitrogen and oxygen atoms in total. The predicted octanol–water partition coefficient (Wildman–Crippen LogP) is 1.13. The lowest BCUT2D eigenvalue weighted by molar-refractivity contribution is -0.157. The molecule has 1 aromatic carbocycles. The van der Waals surface area contributed by atoms with Crippen molar-refractivity contribution in [1.82, 2.24) is 14.9 Å². The van der Waals surface area contributed by atoms with Crippen LogP contribution in [0, 0.1) is 0 Å². The first-order chi connectivity index (χ1) is 16.4. The second kappa shape index (κ2) is 9.24. The van der Waals surface area contributed by atoms with E-state index in [4.69, 9.17) is 20.2 Å². The van der Waals surface area contributed by atoms with Crippen LogP contribution in [0.25, 0.3) is 22.3 Å². The molecule has 2 aliphatic heterocycles. The zero-order chi connectivity index (χ0) is 24.6. The summed E-state index contributed by atoms with van der Waals surface area (Å²) in [7, 11) is 1.56. The van der Waals surface area contributed by atoms with Crippen molar-refractivity contribution in [1.29, 1.82) is 0 Å². The van der Waals surface area contributed by atoms with Gasteiger partial charge >= 0.3 is 5.97 Å². The predicted molar refractivity (Wildman–Crippen MR) is 124 cm³/mol. The minimum Gasteiger partial charge on any atom is -0.497 e. The largest absolute Gasteiger partial charge is 0.497 e. The summed E-state index contributed by atoms with van der Waals surface area (Å²) < 4.78 is 11.8. The number of aliphatic hydroxyl groups excluding tert-OH is 1. The Morgan fingerprint density at radius 1 is 1.29 bits per heavy atom. The topological polar surface area (TPSA) is 146 Å². The molecule has 3 aromatic rings. The number of aliphatic hydroxyl groups is 1. The number of hydrogen-bond donors (Lipinski definition) is 3. The number of ether oxygens (including phenoxy) is 2. The minimum atomic E-state index is -1.52. The summed E-state index contributed by atoms with van der Waals surface area (Å²) in [6, 6.07) is 7.03. The molecule has 0 fully saturated rings. The number of cyclic esters (lactones) is 1. The Morgan fingerprint density at radius 2 is 2.06 bits per heavy atom. The first kappa shape index (κ1) is 23.4. The number of carbonyl (C=O) groups is 2. The first-order valence-electron chi connectivity index (χ1n) is 11.0. The van der Waals surface area contributed by atoms with Gasteiger partial charge in [-0.3, -0.25) is 9.59 Å². The Balaban J connectivity index is 0.00000133. The molecule has 0 aliphatic carbocycles. The summed E-state index contributed by atoms with van der Waals surface area (Å²) in [6.07, 6.45) is -1.52. The molecule has 34 heavy (non-hydrogen) atoms. The fourth-order valence-corrected chi connectivity index (χ4v) is 4.28. The Labute approximate surface area is 195 Å². The first-order valence-corrected chi connectivity index (χ1v) is 11.0. The van der Waals surface area contributed by atoms with Crippen molar-refractivity contribution in [2.45, 2.75) is 39.6 Å². The van der Waals surface area contributed by atoms with E-state index in [9.17, 15) is 19.5 Å². The third kappa shape index (κ3) is 3.70. The van der Waals surface area contributed by atoms with Crippen LogP contribution >= 0.6 is 0 Å². The van der Waals surface area contributed by atoms with Crippen molar-refractivity contribution in [3.63, 3.8) is 0 Å². The van der Waals surface area contributed by atoms with Crippen molar-refractivity contribution >= 4 is 22.8 Å². The zero-order valence-corrected chi connectivity index (χ0v) is 19.2. The van der Waals surface area contributed by atoms with Crippen molar-refractivity contribution in [2.24, 2.45) is 5.73 Å². The second-order valence-corrected chi connectivity index (χ2v) is 7.65. The SMILES string of the molecule is CC.COc1ccc2nc3c(c(CNC(=O)CN)c2c1)Cn1c-3cc2c(c1=O)COC(=O)C2O. The fraction of sp³-hybridized carbons (Fsp3) is 0.333. The summed E-state index contributed by atoms with van der Waals surface area (Å²) in [5, 5.41) is 13.8. The van der Waals surface area contributed by atoms with Gasteiger partial charge in [0.25, 0.3) is 5.56 Å². The number of carbonyl (C=O) groups excluding carboxylic acids is 2. The summed E-state index contributed by atoms with van der Waals surface area (Å²) in [5.41, 5.74) is 8.85. The molecule has 178 valence electrons. The number of aromatic nitrogens is 2. The normalized spacial score (nSPS) is 15.4. The molecule has 0 bridgehead atoms. The van der Waals surface area contributed by atoms with Gasteiger partial charge in [0, 0.05) is 23.1 Å². The minimum absolute atomic E-state index is 0.146. The lowest BCUT2D eigenvalue weighted by atomic mass is 9.98. The lowest BCUT2D eigenvalue weighted by Gasteiger charge is -2.21. The van der Waals surface area contributed by atoms with E-state index in [0.29, 0.717) is 22.7 Å². The maximum Gasteiger partial charge on any atom is 0.340 e. The Morgan fingerprint density at radius 3 is 2.76 bits per heavy atom. The molecule has 1 unspecified atom stereocenters. The van der Waals surface area contributed by atoms with E-state index in [-0.39, 0.29) is 48.8 Å². The molecule has 5 rings (SSSR count). The second-order valence-electron chi connectivity index (χ2n) is 7.65. The van der Waals surface area contributed by atoms with Crippen LogP contribution in [-0.4, -0.2) is 40.2 Å². The molecule has 0 spiro atoms. The summed E-state index contributed by atoms with van der Waals surface area (Å²) in [5.74, 6) is -0.468. The van der Waals surface area contributed by atoms with Gasteiger partial charge in [0.1, 0.15) is 12.4 Å². The number of amides is 1. The molecule has 2 aliphatic rings. The van der Waals surface area contributed by atoms with Crippen LogP contribution in [0.5, 0.6) is 5.75 Å². The molecule has 0 saturated heterocycles. The number of rotatable bonds is 4. The number of benzene rings is 1. The maximum atomic E-state index is 13.2. The smallest absolute Gasteiger partial charge is 0.340 e. The van der Waals surface area contributed by atoms with E-state index in [0.717, 1.165) is 16.5 Å². The van der Waals surface area contributed by atoms with E-state index >= 15 is 0 Å². The van der Waals surface area contributed by atoms with E-state index in [1.54, 1.807) is 29.9 Å². The number of nitrogens with two attached hydrogens (primary N) is 1. The van der Waals surface area contributed by atoms with Gasteiger partial charge in [-0.2, -0.15) is 0 Å². The molecule has 0 saturated carbocycles. The van der Waals surface area contributed by atoms with Crippen LogP contribution in [-0.2, 0) is 34.0 Å². The highest BCUT2D eigenvalue weighted by Crippen LogP contribution is 2.38. The monoisotopic (exact) mass is 466 g/mol. The Bertz CT molecular complexity index is 1360. The van der Waals surface area contributed by atoms with Crippen LogP contribution in [0.4, 0.5) is 0 Å². The highest BCUT2D eigenvalue weighted by molar-refractivity contribution is 5.90. The van der Waals surface area contributed by atoms with Crippen LogP contribution in [0.1, 0.15) is 42.2 Å². The fourth-order valence-electron chi connectivity index (χ4n) is 4.28. The van der Waals surface area contributed by atoms with Crippen molar-refractivity contribution in [2.75, 3.05) is 13.7 Å². The highest BCUT2D eigenvalue weighted by atomic mass is 16.5. The number of fused-ring (bicyclic) bond motifs is 5. The molecule has 1 atom stereocenters. The molecular weight excluding hydrogens is 440 g/mol. The summed E-state index contributed by atoms with van der Waals surface area (Å²) in [6.45, 7) is 4.09. The van der Waals surface area contributed by atoms with E-state index in [1.807, 2.05) is 19.9 Å². The number of nitrogens with zero attached hydrogens (tertiary/aromatic N) is 2. The Kier molecular flexibility index (Phi) is 6.36. The van der Waals surface area contributed by atoms with Gasteiger partial charge in [-0.25, -0.2) is 9.78 Å². The van der Waals surface area contributed by atoms with Crippen LogP contribution < -0.4 is 21.3 Å². The highest BCUT2D eigenvalue weighted by Gasteiger charge is 2.34. The number of methoxy groups -OCH3 is 1. The van der Waals surface area contributed by atoms with Gasteiger partial charge in [0.15, 0.2) is 6.10 Å². The lowest BCUT2D eigenvalue weighted by Crippen LogP contribution is -2.32. The summed E-state index contributed by atoms with van der Waals surface area (Å²) >= 11 is 0. The van der Waals surface area contributed by atoms with Gasteiger partial charge in [-0.1, -0.05) is 13.8 Å². The van der Waals surface area contributed by atoms with Crippen molar-refractivity contribution in [3.8, 4) is 17.1 Å². The third-order valence-corrected chi connectivity index (χ3v) is 5.93. The van der Waals surface area contributed by atoms with Crippen molar-refractivity contribution in [3.05, 3.63) is 56.9 Å². The third-order valence-electron chi connectivity index (χ3n) is 5.93. The maximum absolute atomic E-state index is 13.2. The molecule has 4 N–H and O–H groups in total. The zero-order valence-electron chi connectivity index (χ0n) is 19.2. The number of esters is 1. The number of hydrogen-bond acceptors (Lipinski definition) is 8. The average Bonchev–Trinajstić information content (AvgIpc) is 3.23. The average molecular weight is 466 g/mol. The molecular formula is C24H26N4O6. The Hall–Kier alpha value is -3.76. The quantitative estimate of drug-likeness (QED) is 0.379. The van der Waals surface area contributed by atoms with Gasteiger partial charge in [-0.15, -0.1) is 0 Å². The van der Waals surface area contributed by atoms with Crippen molar-refractivity contribution < 1.29 is 24.2 Å².